The molecule has 0 aliphatic heterocycles. The molecule has 0 heterocycles. The van der Waals surface area contributed by atoms with Gasteiger partial charge < -0.3 is 29.6 Å². The first-order valence-corrected chi connectivity index (χ1v) is 11.3. The third kappa shape index (κ3) is 8.15. The number of nitrogens with one attached hydrogen (secondary N) is 2. The Morgan fingerprint density at radius 1 is 0.711 bits per heavy atom. The van der Waals surface area contributed by atoms with Gasteiger partial charge in [-0.3, -0.25) is 19.2 Å². The van der Waals surface area contributed by atoms with Gasteiger partial charge in [-0.05, 0) is 35.4 Å². The van der Waals surface area contributed by atoms with Crippen molar-refractivity contribution in [2.75, 3.05) is 14.2 Å². The molecule has 2 aromatic rings. The maximum Gasteiger partial charge on any atom is 0.328 e. The molecule has 0 unspecified atom stereocenters. The molecule has 0 aromatic heterocycles. The van der Waals surface area contributed by atoms with E-state index < -0.39 is 36.0 Å². The number of methoxy groups -OCH3 is 2. The first-order valence-electron chi connectivity index (χ1n) is 11.3. The van der Waals surface area contributed by atoms with E-state index in [2.05, 4.69) is 10.6 Å². The van der Waals surface area contributed by atoms with Crippen molar-refractivity contribution in [3.8, 4) is 22.6 Å². The number of esters is 4. The van der Waals surface area contributed by atoms with Gasteiger partial charge in [0.25, 0.3) is 0 Å². The third-order valence-corrected chi connectivity index (χ3v) is 5.28. The molecule has 38 heavy (non-hydrogen) atoms. The normalized spacial score (nSPS) is 11.8. The largest absolute Gasteiger partial charge is 0.467 e. The monoisotopic (exact) mass is 528 g/mol. The van der Waals surface area contributed by atoms with Crippen LogP contribution in [-0.4, -0.2) is 63.0 Å². The van der Waals surface area contributed by atoms with E-state index in [4.69, 9.17) is 18.9 Å². The number of hydrogen-bond donors (Lipinski definition) is 2. The van der Waals surface area contributed by atoms with Gasteiger partial charge in [0.2, 0.25) is 12.8 Å². The van der Waals surface area contributed by atoms with Crippen LogP contribution >= 0.6 is 0 Å². The van der Waals surface area contributed by atoms with Gasteiger partial charge in [0.05, 0.1) is 14.2 Å². The van der Waals surface area contributed by atoms with Crippen LogP contribution in [0.3, 0.4) is 0 Å². The van der Waals surface area contributed by atoms with Crippen LogP contribution < -0.4 is 20.1 Å². The van der Waals surface area contributed by atoms with Gasteiger partial charge >= 0.3 is 23.9 Å². The van der Waals surface area contributed by atoms with Gasteiger partial charge in [0.1, 0.15) is 23.6 Å². The molecule has 0 aliphatic carbocycles. The minimum absolute atomic E-state index is 0.0367. The Morgan fingerprint density at radius 2 is 1.08 bits per heavy atom. The second kappa shape index (κ2) is 14.1. The summed E-state index contributed by atoms with van der Waals surface area (Å²) in [5.41, 5.74) is 1.75. The number of ether oxygens (including phenoxy) is 4. The minimum atomic E-state index is -0.987. The fourth-order valence-corrected chi connectivity index (χ4v) is 3.66. The molecule has 0 radical (unpaired) electrons. The summed E-state index contributed by atoms with van der Waals surface area (Å²) in [6.45, 7) is 2.43. The van der Waals surface area contributed by atoms with E-state index in [1.807, 2.05) is 0 Å². The van der Waals surface area contributed by atoms with Crippen molar-refractivity contribution in [2.24, 2.45) is 0 Å². The van der Waals surface area contributed by atoms with Crippen molar-refractivity contribution in [1.29, 1.82) is 0 Å². The lowest BCUT2D eigenvalue weighted by Crippen LogP contribution is -2.38. The SMILES string of the molecule is COC(=O)[C@H](Cc1ccc(OC(C)=O)c(-c2cc(C[C@H](NC=O)C(=O)OC)ccc2OC(C)=O)c1)NC=O. The zero-order chi connectivity index (χ0) is 28.2. The molecule has 0 fully saturated rings. The first kappa shape index (κ1) is 29.5. The van der Waals surface area contributed by atoms with Gasteiger partial charge in [-0.25, -0.2) is 9.59 Å². The lowest BCUT2D eigenvalue weighted by molar-refractivity contribution is -0.144. The van der Waals surface area contributed by atoms with E-state index >= 15 is 0 Å². The topological polar surface area (TPSA) is 163 Å². The van der Waals surface area contributed by atoms with Gasteiger partial charge in [0, 0.05) is 37.8 Å². The van der Waals surface area contributed by atoms with Crippen LogP contribution in [-0.2, 0) is 51.1 Å². The molecule has 2 N–H and O–H groups in total. The summed E-state index contributed by atoms with van der Waals surface area (Å²) in [4.78, 5) is 69.8. The highest BCUT2D eigenvalue weighted by atomic mass is 16.5. The molecule has 2 rings (SSSR count). The summed E-state index contributed by atoms with van der Waals surface area (Å²) >= 11 is 0. The van der Waals surface area contributed by atoms with Crippen molar-refractivity contribution >= 4 is 36.7 Å². The minimum Gasteiger partial charge on any atom is -0.467 e. The van der Waals surface area contributed by atoms with Crippen molar-refractivity contribution in [2.45, 2.75) is 38.8 Å². The van der Waals surface area contributed by atoms with Gasteiger partial charge in [-0.15, -0.1) is 0 Å². The molecule has 0 saturated carbocycles. The summed E-state index contributed by atoms with van der Waals surface area (Å²) in [6.07, 6.45) is 0.830. The molecular formula is C26H28N2O10. The average Bonchev–Trinajstić information content (AvgIpc) is 2.88. The number of carbonyl (C=O) groups is 6. The number of rotatable bonds is 13. The van der Waals surface area contributed by atoms with E-state index in [9.17, 15) is 28.8 Å². The Balaban J connectivity index is 2.67. The van der Waals surface area contributed by atoms with Gasteiger partial charge in [-0.2, -0.15) is 0 Å². The van der Waals surface area contributed by atoms with E-state index in [-0.39, 0.29) is 24.3 Å². The second-order valence-corrected chi connectivity index (χ2v) is 7.98. The summed E-state index contributed by atoms with van der Waals surface area (Å²) in [5, 5.41) is 4.79. The van der Waals surface area contributed by atoms with E-state index in [1.54, 1.807) is 24.3 Å². The summed E-state index contributed by atoms with van der Waals surface area (Å²) in [5.74, 6) is -2.30. The van der Waals surface area contributed by atoms with Crippen LogP contribution in [0.25, 0.3) is 11.1 Å². The second-order valence-electron chi connectivity index (χ2n) is 7.98. The van der Waals surface area contributed by atoms with Crippen LogP contribution in [0, 0.1) is 0 Å². The Bertz CT molecular complexity index is 1120. The Morgan fingerprint density at radius 3 is 1.37 bits per heavy atom. The Kier molecular flexibility index (Phi) is 11.0. The highest BCUT2D eigenvalue weighted by Gasteiger charge is 2.23. The zero-order valence-corrected chi connectivity index (χ0v) is 21.3. The quantitative estimate of drug-likeness (QED) is 0.217. The molecule has 0 saturated heterocycles. The number of carbonyl (C=O) groups excluding carboxylic acids is 6. The van der Waals surface area contributed by atoms with Gasteiger partial charge in [0.15, 0.2) is 0 Å². The van der Waals surface area contributed by atoms with Crippen molar-refractivity contribution in [3.63, 3.8) is 0 Å². The number of benzene rings is 2. The molecule has 2 atom stereocenters. The van der Waals surface area contributed by atoms with Crippen molar-refractivity contribution < 1.29 is 47.7 Å². The lowest BCUT2D eigenvalue weighted by atomic mass is 9.95. The summed E-state index contributed by atoms with van der Waals surface area (Å²) < 4.78 is 20.2. The smallest absolute Gasteiger partial charge is 0.328 e. The molecule has 0 aliphatic rings. The highest BCUT2D eigenvalue weighted by Crippen LogP contribution is 2.38. The van der Waals surface area contributed by atoms with E-state index in [0.717, 1.165) is 0 Å². The average molecular weight is 529 g/mol. The molecular weight excluding hydrogens is 500 g/mol. The van der Waals surface area contributed by atoms with Crippen LogP contribution in [0.15, 0.2) is 36.4 Å². The fourth-order valence-electron chi connectivity index (χ4n) is 3.66. The van der Waals surface area contributed by atoms with E-state index in [1.165, 1.54) is 40.2 Å². The number of amides is 2. The molecule has 0 bridgehead atoms. The standard InChI is InChI=1S/C26H28N2O10/c1-15(31)37-23-7-5-17(11-21(27-13-29)25(33)35-3)9-19(23)20-10-18(6-8-24(20)38-16(2)32)12-22(28-14-30)26(34)36-4/h5-10,13-14,21-22H,11-12H2,1-4H3,(H,27,29)(H,28,30)/t21-,22-/m0/s1. The van der Waals surface area contributed by atoms with Crippen LogP contribution in [0.5, 0.6) is 11.5 Å². The maximum absolute atomic E-state index is 12.1. The molecule has 2 aromatic carbocycles. The molecule has 2 amide bonds. The molecule has 12 nitrogen and oxygen atoms in total. The maximum atomic E-state index is 12.1. The third-order valence-electron chi connectivity index (χ3n) is 5.28. The zero-order valence-electron chi connectivity index (χ0n) is 21.3. The van der Waals surface area contributed by atoms with Crippen LogP contribution in [0.2, 0.25) is 0 Å². The Hall–Kier alpha value is -4.74. The van der Waals surface area contributed by atoms with E-state index in [0.29, 0.717) is 35.1 Å². The summed E-state index contributed by atoms with van der Waals surface area (Å²) in [6, 6.07) is 7.43. The Labute approximate surface area is 218 Å². The van der Waals surface area contributed by atoms with Crippen molar-refractivity contribution in [3.05, 3.63) is 47.5 Å². The van der Waals surface area contributed by atoms with Crippen molar-refractivity contribution in [1.82, 2.24) is 10.6 Å². The number of hydrogen-bond acceptors (Lipinski definition) is 10. The van der Waals surface area contributed by atoms with Crippen LogP contribution in [0.1, 0.15) is 25.0 Å². The predicted octanol–water partition coefficient (Wildman–Crippen LogP) is 0.864. The highest BCUT2D eigenvalue weighted by molar-refractivity contribution is 5.84. The lowest BCUT2D eigenvalue weighted by Gasteiger charge is -2.19. The molecule has 202 valence electrons. The molecule has 12 heteroatoms. The van der Waals surface area contributed by atoms with Crippen LogP contribution in [0.4, 0.5) is 0 Å². The fraction of sp³-hybridized carbons (Fsp3) is 0.308. The molecule has 0 spiro atoms. The first-order chi connectivity index (χ1) is 18.1. The summed E-state index contributed by atoms with van der Waals surface area (Å²) in [7, 11) is 2.38. The van der Waals surface area contributed by atoms with Gasteiger partial charge in [-0.1, -0.05) is 12.1 Å². The predicted molar refractivity (Wildman–Crippen MR) is 132 cm³/mol.